The monoisotopic (exact) mass is 396 g/mol. The SMILES string of the molecule is COc1cc(OC)cc(-n2nnnc2CN(C)C(=O)C(C)C2CNC2)c1.Cl. The van der Waals surface area contributed by atoms with Crippen LogP contribution < -0.4 is 14.8 Å². The third kappa shape index (κ3) is 4.48. The number of ether oxygens (including phenoxy) is 2. The third-order valence-corrected chi connectivity index (χ3v) is 4.78. The minimum atomic E-state index is -0.0255. The number of amides is 1. The molecule has 0 bridgehead atoms. The Balaban J connectivity index is 0.00000261. The molecule has 1 fully saturated rings. The van der Waals surface area contributed by atoms with E-state index in [4.69, 9.17) is 9.47 Å². The highest BCUT2D eigenvalue weighted by Gasteiger charge is 2.31. The molecule has 2 aromatic rings. The molecule has 1 atom stereocenters. The van der Waals surface area contributed by atoms with Gasteiger partial charge in [0.05, 0.1) is 26.5 Å². The quantitative estimate of drug-likeness (QED) is 0.743. The summed E-state index contributed by atoms with van der Waals surface area (Å²) in [7, 11) is 4.94. The van der Waals surface area contributed by atoms with E-state index in [1.165, 1.54) is 0 Å². The highest BCUT2D eigenvalue weighted by molar-refractivity contribution is 5.85. The summed E-state index contributed by atoms with van der Waals surface area (Å²) in [5, 5.41) is 15.1. The van der Waals surface area contributed by atoms with Gasteiger partial charge in [0, 0.05) is 31.2 Å². The lowest BCUT2D eigenvalue weighted by atomic mass is 9.88. The van der Waals surface area contributed by atoms with E-state index in [1.54, 1.807) is 36.9 Å². The van der Waals surface area contributed by atoms with Gasteiger partial charge in [0.25, 0.3) is 0 Å². The van der Waals surface area contributed by atoms with Gasteiger partial charge in [-0.1, -0.05) is 6.92 Å². The van der Waals surface area contributed by atoms with Crippen molar-refractivity contribution in [3.8, 4) is 17.2 Å². The van der Waals surface area contributed by atoms with Crippen LogP contribution in [0.25, 0.3) is 5.69 Å². The highest BCUT2D eigenvalue weighted by atomic mass is 35.5. The molecule has 1 N–H and O–H groups in total. The first kappa shape index (κ1) is 20.9. The predicted octanol–water partition coefficient (Wildman–Crippen LogP) is 0.915. The third-order valence-electron chi connectivity index (χ3n) is 4.78. The Bertz CT molecular complexity index is 758. The van der Waals surface area contributed by atoms with Crippen LogP contribution >= 0.6 is 12.4 Å². The Kier molecular flexibility index (Phi) is 6.98. The summed E-state index contributed by atoms with van der Waals surface area (Å²) in [6, 6.07) is 5.40. The van der Waals surface area contributed by atoms with Crippen LogP contribution in [0.15, 0.2) is 18.2 Å². The molecule has 3 rings (SSSR count). The number of carbonyl (C=O) groups excluding carboxylic acids is 1. The fourth-order valence-corrected chi connectivity index (χ4v) is 2.92. The lowest BCUT2D eigenvalue weighted by Gasteiger charge is -2.33. The fourth-order valence-electron chi connectivity index (χ4n) is 2.92. The molecule has 27 heavy (non-hydrogen) atoms. The summed E-state index contributed by atoms with van der Waals surface area (Å²) in [6.07, 6.45) is 0. The number of hydrogen-bond acceptors (Lipinski definition) is 7. The van der Waals surface area contributed by atoms with Crippen molar-refractivity contribution < 1.29 is 14.3 Å². The Labute approximate surface area is 164 Å². The van der Waals surface area contributed by atoms with E-state index in [1.807, 2.05) is 19.1 Å². The maximum atomic E-state index is 12.6. The van der Waals surface area contributed by atoms with Crippen molar-refractivity contribution in [1.29, 1.82) is 0 Å². The number of benzene rings is 1. The van der Waals surface area contributed by atoms with Crippen LogP contribution in [0.3, 0.4) is 0 Å². The van der Waals surface area contributed by atoms with E-state index in [-0.39, 0.29) is 24.2 Å². The molecule has 1 amide bonds. The molecule has 0 radical (unpaired) electrons. The van der Waals surface area contributed by atoms with Crippen molar-refractivity contribution in [2.45, 2.75) is 13.5 Å². The van der Waals surface area contributed by atoms with Crippen molar-refractivity contribution in [1.82, 2.24) is 30.4 Å². The summed E-state index contributed by atoms with van der Waals surface area (Å²) in [5.74, 6) is 2.29. The molecule has 0 aliphatic carbocycles. The van der Waals surface area contributed by atoms with E-state index in [0.717, 1.165) is 13.1 Å². The number of rotatable bonds is 7. The molecule has 1 aliphatic heterocycles. The van der Waals surface area contributed by atoms with Crippen LogP contribution in [-0.2, 0) is 11.3 Å². The van der Waals surface area contributed by atoms with Gasteiger partial charge in [-0.3, -0.25) is 4.79 Å². The van der Waals surface area contributed by atoms with E-state index < -0.39 is 0 Å². The van der Waals surface area contributed by atoms with E-state index in [9.17, 15) is 4.79 Å². The van der Waals surface area contributed by atoms with Gasteiger partial charge in [-0.2, -0.15) is 4.68 Å². The first-order valence-corrected chi connectivity index (χ1v) is 8.50. The van der Waals surface area contributed by atoms with Gasteiger partial charge in [-0.25, -0.2) is 0 Å². The smallest absolute Gasteiger partial charge is 0.225 e. The van der Waals surface area contributed by atoms with Gasteiger partial charge in [0.1, 0.15) is 11.5 Å². The summed E-state index contributed by atoms with van der Waals surface area (Å²) in [5.41, 5.74) is 0.707. The first-order chi connectivity index (χ1) is 12.5. The van der Waals surface area contributed by atoms with Crippen molar-refractivity contribution in [3.63, 3.8) is 0 Å². The molecule has 1 aliphatic rings. The maximum Gasteiger partial charge on any atom is 0.225 e. The summed E-state index contributed by atoms with van der Waals surface area (Å²) < 4.78 is 12.2. The summed E-state index contributed by atoms with van der Waals surface area (Å²) in [4.78, 5) is 14.3. The zero-order valence-electron chi connectivity index (χ0n) is 15.9. The van der Waals surface area contributed by atoms with Crippen LogP contribution in [0.2, 0.25) is 0 Å². The number of nitrogens with zero attached hydrogens (tertiary/aromatic N) is 5. The molecular weight excluding hydrogens is 372 g/mol. The first-order valence-electron chi connectivity index (χ1n) is 8.50. The Morgan fingerprint density at radius 1 is 1.30 bits per heavy atom. The number of tetrazole rings is 1. The lowest BCUT2D eigenvalue weighted by Crippen LogP contribution is -2.49. The van der Waals surface area contributed by atoms with Gasteiger partial charge in [0.15, 0.2) is 5.82 Å². The Morgan fingerprint density at radius 2 is 1.93 bits per heavy atom. The largest absolute Gasteiger partial charge is 0.497 e. The fraction of sp³-hybridized carbons (Fsp3) is 0.529. The molecule has 1 saturated heterocycles. The minimum Gasteiger partial charge on any atom is -0.497 e. The number of methoxy groups -OCH3 is 2. The van der Waals surface area contributed by atoms with Crippen molar-refractivity contribution in [2.75, 3.05) is 34.4 Å². The second-order valence-electron chi connectivity index (χ2n) is 6.48. The van der Waals surface area contributed by atoms with E-state index >= 15 is 0 Å². The molecule has 10 heteroatoms. The van der Waals surface area contributed by atoms with Gasteiger partial charge < -0.3 is 19.7 Å². The molecule has 0 saturated carbocycles. The van der Waals surface area contributed by atoms with Crippen molar-refractivity contribution >= 4 is 18.3 Å². The minimum absolute atomic E-state index is 0. The van der Waals surface area contributed by atoms with Crippen LogP contribution in [-0.4, -0.2) is 65.4 Å². The van der Waals surface area contributed by atoms with Crippen LogP contribution in [0.4, 0.5) is 0 Å². The van der Waals surface area contributed by atoms with Crippen LogP contribution in [0.5, 0.6) is 11.5 Å². The standard InChI is InChI=1S/C17H24N6O3.ClH/c1-11(12-8-18-9-12)17(24)22(2)10-16-19-20-21-23(16)13-5-14(25-3)7-15(6-13)26-4;/h5-7,11-12,18H,8-10H2,1-4H3;1H. The average molecular weight is 397 g/mol. The molecule has 9 nitrogen and oxygen atoms in total. The van der Waals surface area contributed by atoms with Crippen LogP contribution in [0.1, 0.15) is 12.7 Å². The molecule has 1 unspecified atom stereocenters. The van der Waals surface area contributed by atoms with Gasteiger partial charge in [-0.05, 0) is 29.4 Å². The molecule has 148 valence electrons. The normalized spacial score (nSPS) is 14.7. The summed E-state index contributed by atoms with van der Waals surface area (Å²) >= 11 is 0. The number of hydrogen-bond donors (Lipinski definition) is 1. The van der Waals surface area contributed by atoms with Crippen molar-refractivity contribution in [3.05, 3.63) is 24.0 Å². The zero-order chi connectivity index (χ0) is 18.7. The topological polar surface area (TPSA) is 94.4 Å². The second kappa shape index (κ2) is 9.01. The van der Waals surface area contributed by atoms with Gasteiger partial charge in [0.2, 0.25) is 5.91 Å². The zero-order valence-corrected chi connectivity index (χ0v) is 16.7. The van der Waals surface area contributed by atoms with Crippen molar-refractivity contribution in [2.24, 2.45) is 11.8 Å². The number of halogens is 1. The predicted molar refractivity (Wildman–Crippen MR) is 102 cm³/mol. The highest BCUT2D eigenvalue weighted by Crippen LogP contribution is 2.25. The number of nitrogens with one attached hydrogen (secondary N) is 1. The van der Waals surface area contributed by atoms with E-state index in [2.05, 4.69) is 20.8 Å². The molecule has 0 spiro atoms. The van der Waals surface area contributed by atoms with Gasteiger partial charge >= 0.3 is 0 Å². The Hall–Kier alpha value is -2.39. The maximum absolute atomic E-state index is 12.6. The molecular formula is C17H25ClN6O3. The molecule has 2 heterocycles. The lowest BCUT2D eigenvalue weighted by molar-refractivity contribution is -0.136. The van der Waals surface area contributed by atoms with E-state index in [0.29, 0.717) is 35.5 Å². The molecule has 1 aromatic heterocycles. The van der Waals surface area contributed by atoms with Gasteiger partial charge in [-0.15, -0.1) is 17.5 Å². The number of carbonyl (C=O) groups is 1. The second-order valence-corrected chi connectivity index (χ2v) is 6.48. The average Bonchev–Trinajstić information content (AvgIpc) is 3.06. The number of aromatic nitrogens is 4. The van der Waals surface area contributed by atoms with Crippen LogP contribution in [0, 0.1) is 11.8 Å². The Morgan fingerprint density at radius 3 is 2.44 bits per heavy atom. The molecule has 1 aromatic carbocycles. The summed E-state index contributed by atoms with van der Waals surface area (Å²) in [6.45, 7) is 4.07.